The maximum atomic E-state index is 11.9. The predicted molar refractivity (Wildman–Crippen MR) is 90.6 cm³/mol. The Bertz CT molecular complexity index is 470. The molecule has 0 heterocycles. The Kier molecular flexibility index (Phi) is 8.47. The fraction of sp³-hybridized carbons (Fsp3) is 0.467. The topological polar surface area (TPSA) is 68.2 Å². The van der Waals surface area contributed by atoms with Crippen molar-refractivity contribution in [3.05, 3.63) is 29.3 Å². The monoisotopic (exact) mass is 312 g/mol. The Morgan fingerprint density at radius 1 is 1.29 bits per heavy atom. The standard InChI is InChI=1S/C15H24N4O.ClH/c1-5-6-10-19(4)14(16)18-15(20)17-13-11(2)8-7-9-12(13)3;/h7-9H,5-6,10H2,1-4H3,(H3,16,17,18,20);1H. The summed E-state index contributed by atoms with van der Waals surface area (Å²) in [7, 11) is 1.80. The molecule has 6 heteroatoms. The maximum absolute atomic E-state index is 11.9. The first-order valence-electron chi connectivity index (χ1n) is 6.89. The van der Waals surface area contributed by atoms with Gasteiger partial charge in [0.15, 0.2) is 5.96 Å². The number of carbonyl (C=O) groups is 1. The molecule has 0 aliphatic rings. The smallest absolute Gasteiger partial charge is 0.326 e. The molecule has 1 aromatic carbocycles. The van der Waals surface area contributed by atoms with Crippen LogP contribution in [0.2, 0.25) is 0 Å². The third kappa shape index (κ3) is 6.04. The van der Waals surface area contributed by atoms with Crippen molar-refractivity contribution in [2.45, 2.75) is 33.6 Å². The second kappa shape index (κ2) is 9.23. The number of urea groups is 1. The van der Waals surface area contributed by atoms with Gasteiger partial charge in [0, 0.05) is 19.3 Å². The molecule has 0 spiro atoms. The number of hydrogen-bond acceptors (Lipinski definition) is 2. The van der Waals surface area contributed by atoms with Crippen LogP contribution in [0.5, 0.6) is 0 Å². The second-order valence-electron chi connectivity index (χ2n) is 4.97. The molecule has 0 radical (unpaired) electrons. The SMILES string of the molecule is CCCCN(C)C(=N)NC(=O)Nc1c(C)cccc1C.Cl. The number of anilines is 1. The van der Waals surface area contributed by atoms with Crippen LogP contribution < -0.4 is 10.6 Å². The number of guanidine groups is 1. The van der Waals surface area contributed by atoms with Gasteiger partial charge in [0.05, 0.1) is 0 Å². The number of nitrogens with one attached hydrogen (secondary N) is 3. The average molecular weight is 313 g/mol. The molecule has 5 nitrogen and oxygen atoms in total. The van der Waals surface area contributed by atoms with Gasteiger partial charge in [-0.05, 0) is 31.4 Å². The van der Waals surface area contributed by atoms with E-state index in [2.05, 4.69) is 17.6 Å². The van der Waals surface area contributed by atoms with Gasteiger partial charge < -0.3 is 10.2 Å². The lowest BCUT2D eigenvalue weighted by atomic mass is 10.1. The quantitative estimate of drug-likeness (QED) is 0.588. The Morgan fingerprint density at radius 2 is 1.86 bits per heavy atom. The minimum absolute atomic E-state index is 0. The molecule has 21 heavy (non-hydrogen) atoms. The maximum Gasteiger partial charge on any atom is 0.326 e. The van der Waals surface area contributed by atoms with E-state index in [9.17, 15) is 4.79 Å². The van der Waals surface area contributed by atoms with Crippen molar-refractivity contribution >= 4 is 30.1 Å². The molecule has 118 valence electrons. The molecule has 0 fully saturated rings. The summed E-state index contributed by atoms with van der Waals surface area (Å²) in [6, 6.07) is 5.47. The van der Waals surface area contributed by atoms with Crippen LogP contribution in [0.3, 0.4) is 0 Å². The summed E-state index contributed by atoms with van der Waals surface area (Å²) >= 11 is 0. The van der Waals surface area contributed by atoms with E-state index in [4.69, 9.17) is 5.41 Å². The molecule has 2 amide bonds. The Balaban J connectivity index is 0.00000400. The minimum Gasteiger partial charge on any atom is -0.346 e. The Morgan fingerprint density at radius 3 is 2.38 bits per heavy atom. The fourth-order valence-corrected chi connectivity index (χ4v) is 1.87. The molecule has 0 bridgehead atoms. The number of rotatable bonds is 4. The van der Waals surface area contributed by atoms with Crippen LogP contribution in [0.15, 0.2) is 18.2 Å². The second-order valence-corrected chi connectivity index (χ2v) is 4.97. The highest BCUT2D eigenvalue weighted by molar-refractivity contribution is 6.01. The van der Waals surface area contributed by atoms with Gasteiger partial charge in [-0.25, -0.2) is 4.79 Å². The molecule has 3 N–H and O–H groups in total. The van der Waals surface area contributed by atoms with Crippen molar-refractivity contribution in [1.82, 2.24) is 10.2 Å². The lowest BCUT2D eigenvalue weighted by molar-refractivity contribution is 0.255. The first-order chi connectivity index (χ1) is 9.45. The van der Waals surface area contributed by atoms with Crippen LogP contribution in [0.1, 0.15) is 30.9 Å². The largest absolute Gasteiger partial charge is 0.346 e. The van der Waals surface area contributed by atoms with E-state index in [1.165, 1.54) is 0 Å². The van der Waals surface area contributed by atoms with E-state index in [0.29, 0.717) is 0 Å². The third-order valence-electron chi connectivity index (χ3n) is 3.18. The van der Waals surface area contributed by atoms with E-state index in [0.717, 1.165) is 36.2 Å². The highest BCUT2D eigenvalue weighted by Gasteiger charge is 2.10. The summed E-state index contributed by atoms with van der Waals surface area (Å²) in [6.45, 7) is 6.75. The molecule has 0 saturated heterocycles. The first-order valence-corrected chi connectivity index (χ1v) is 6.89. The number of benzene rings is 1. The number of amides is 2. The zero-order chi connectivity index (χ0) is 15.1. The lowest BCUT2D eigenvalue weighted by Crippen LogP contribution is -2.43. The highest BCUT2D eigenvalue weighted by atomic mass is 35.5. The normalized spacial score (nSPS) is 9.52. The van der Waals surface area contributed by atoms with Crippen molar-refractivity contribution in [1.29, 1.82) is 5.41 Å². The summed E-state index contributed by atoms with van der Waals surface area (Å²) in [5.74, 6) is 0.113. The molecule has 0 aliphatic carbocycles. The zero-order valence-corrected chi connectivity index (χ0v) is 13.9. The van der Waals surface area contributed by atoms with Crippen molar-refractivity contribution < 1.29 is 4.79 Å². The van der Waals surface area contributed by atoms with E-state index in [1.54, 1.807) is 11.9 Å². The van der Waals surface area contributed by atoms with Crippen molar-refractivity contribution in [2.24, 2.45) is 0 Å². The molecule has 1 rings (SSSR count). The molecule has 1 aromatic rings. The average Bonchev–Trinajstić information content (AvgIpc) is 2.40. The molecular formula is C15H25ClN4O. The van der Waals surface area contributed by atoms with Crippen LogP contribution in [0.25, 0.3) is 0 Å². The Labute approximate surface area is 133 Å². The minimum atomic E-state index is -0.379. The van der Waals surface area contributed by atoms with Gasteiger partial charge in [-0.15, -0.1) is 12.4 Å². The fourth-order valence-electron chi connectivity index (χ4n) is 1.87. The lowest BCUT2D eigenvalue weighted by Gasteiger charge is -2.20. The number of aryl methyl sites for hydroxylation is 2. The molecular weight excluding hydrogens is 288 g/mol. The summed E-state index contributed by atoms with van der Waals surface area (Å²) in [5.41, 5.74) is 2.81. The highest BCUT2D eigenvalue weighted by Crippen LogP contribution is 2.18. The molecule has 0 aromatic heterocycles. The van der Waals surface area contributed by atoms with Crippen molar-refractivity contribution in [2.75, 3.05) is 18.9 Å². The van der Waals surface area contributed by atoms with Crippen molar-refractivity contribution in [3.63, 3.8) is 0 Å². The third-order valence-corrected chi connectivity index (χ3v) is 3.18. The van der Waals surface area contributed by atoms with Crippen LogP contribution in [-0.4, -0.2) is 30.5 Å². The number of halogens is 1. The van der Waals surface area contributed by atoms with Gasteiger partial charge in [0.25, 0.3) is 0 Å². The van der Waals surface area contributed by atoms with E-state index >= 15 is 0 Å². The molecule has 0 saturated carbocycles. The molecule has 0 unspecified atom stereocenters. The van der Waals surface area contributed by atoms with Crippen LogP contribution in [0, 0.1) is 19.3 Å². The van der Waals surface area contributed by atoms with Gasteiger partial charge in [0.1, 0.15) is 0 Å². The Hall–Kier alpha value is -1.75. The zero-order valence-electron chi connectivity index (χ0n) is 13.1. The number of carbonyl (C=O) groups excluding carboxylic acids is 1. The van der Waals surface area contributed by atoms with Gasteiger partial charge in [-0.3, -0.25) is 10.7 Å². The number of hydrogen-bond donors (Lipinski definition) is 3. The van der Waals surface area contributed by atoms with E-state index in [1.807, 2.05) is 32.0 Å². The van der Waals surface area contributed by atoms with Gasteiger partial charge in [-0.2, -0.15) is 0 Å². The summed E-state index contributed by atoms with van der Waals surface area (Å²) < 4.78 is 0. The van der Waals surface area contributed by atoms with Crippen molar-refractivity contribution in [3.8, 4) is 0 Å². The number of nitrogens with zero attached hydrogens (tertiary/aromatic N) is 1. The van der Waals surface area contributed by atoms with E-state index in [-0.39, 0.29) is 24.4 Å². The van der Waals surface area contributed by atoms with Gasteiger partial charge in [-0.1, -0.05) is 31.5 Å². The summed E-state index contributed by atoms with van der Waals surface area (Å²) in [6.07, 6.45) is 2.06. The van der Waals surface area contributed by atoms with Gasteiger partial charge >= 0.3 is 6.03 Å². The number of unbranched alkanes of at least 4 members (excludes halogenated alkanes) is 1. The predicted octanol–water partition coefficient (Wildman–Crippen LogP) is 3.51. The van der Waals surface area contributed by atoms with Gasteiger partial charge in [0.2, 0.25) is 0 Å². The van der Waals surface area contributed by atoms with Crippen LogP contribution >= 0.6 is 12.4 Å². The molecule has 0 aliphatic heterocycles. The number of para-hydroxylation sites is 1. The summed E-state index contributed by atoms with van der Waals surface area (Å²) in [5, 5.41) is 13.2. The van der Waals surface area contributed by atoms with E-state index < -0.39 is 0 Å². The first kappa shape index (κ1) is 19.2. The van der Waals surface area contributed by atoms with Crippen LogP contribution in [-0.2, 0) is 0 Å². The summed E-state index contributed by atoms with van der Waals surface area (Å²) in [4.78, 5) is 13.6. The van der Waals surface area contributed by atoms with Crippen LogP contribution in [0.4, 0.5) is 10.5 Å². The molecule has 0 atom stereocenters.